The summed E-state index contributed by atoms with van der Waals surface area (Å²) < 4.78 is 4.94. The molecule has 1 aromatic rings. The number of aldehydes is 1. The molecule has 1 heterocycles. The number of ether oxygens (including phenoxy) is 1. The van der Waals surface area contributed by atoms with E-state index in [2.05, 4.69) is 20.9 Å². The number of pyridine rings is 1. The van der Waals surface area contributed by atoms with Crippen molar-refractivity contribution in [3.05, 3.63) is 29.6 Å². The average molecular weight is 288 g/mol. The number of hydrogen-bond donors (Lipinski definition) is 0. The summed E-state index contributed by atoms with van der Waals surface area (Å²) in [6.07, 6.45) is 2.34. The van der Waals surface area contributed by atoms with Gasteiger partial charge in [-0.15, -0.1) is 0 Å². The lowest BCUT2D eigenvalue weighted by Crippen LogP contribution is -2.15. The van der Waals surface area contributed by atoms with Crippen LogP contribution in [0.4, 0.5) is 0 Å². The van der Waals surface area contributed by atoms with Crippen molar-refractivity contribution in [2.75, 3.05) is 7.11 Å². The van der Waals surface area contributed by atoms with Crippen LogP contribution in [0.5, 0.6) is 0 Å². The first kappa shape index (κ1) is 15.3. The van der Waals surface area contributed by atoms with Crippen molar-refractivity contribution in [3.63, 3.8) is 0 Å². The third kappa shape index (κ3) is 7.54. The molecule has 0 bridgehead atoms. The van der Waals surface area contributed by atoms with Crippen LogP contribution < -0.4 is 0 Å². The standard InChI is InChI=1S/C7H6BrNO.C5H12O/c8-3-7-2-1-6(5-10)4-9-7;1-5(2,3)6-4/h1-2,4-5H,3H2;1-4H3. The van der Waals surface area contributed by atoms with Gasteiger partial charge in [0, 0.05) is 24.2 Å². The van der Waals surface area contributed by atoms with Gasteiger partial charge in [0.1, 0.15) is 0 Å². The summed E-state index contributed by atoms with van der Waals surface area (Å²) in [6.45, 7) is 6.06. The van der Waals surface area contributed by atoms with Crippen molar-refractivity contribution in [3.8, 4) is 0 Å². The molecule has 0 amide bonds. The lowest BCUT2D eigenvalue weighted by atomic mass is 10.2. The number of carbonyl (C=O) groups is 1. The monoisotopic (exact) mass is 287 g/mol. The van der Waals surface area contributed by atoms with Gasteiger partial charge in [-0.1, -0.05) is 15.9 Å². The molecule has 0 unspecified atom stereocenters. The Kier molecular flexibility index (Phi) is 7.17. The highest BCUT2D eigenvalue weighted by Gasteiger charge is 2.04. The van der Waals surface area contributed by atoms with E-state index in [1.54, 1.807) is 19.4 Å². The van der Waals surface area contributed by atoms with E-state index in [4.69, 9.17) is 4.74 Å². The first-order chi connectivity index (χ1) is 7.42. The highest BCUT2D eigenvalue weighted by Crippen LogP contribution is 2.02. The maximum atomic E-state index is 10.2. The number of nitrogens with zero attached hydrogens (tertiary/aromatic N) is 1. The average Bonchev–Trinajstić information content (AvgIpc) is 2.29. The summed E-state index contributed by atoms with van der Waals surface area (Å²) in [5.41, 5.74) is 1.59. The van der Waals surface area contributed by atoms with E-state index in [-0.39, 0.29) is 5.60 Å². The summed E-state index contributed by atoms with van der Waals surface area (Å²) in [6, 6.07) is 3.56. The van der Waals surface area contributed by atoms with Crippen molar-refractivity contribution < 1.29 is 9.53 Å². The SMILES string of the molecule is COC(C)(C)C.O=Cc1ccc(CBr)nc1. The van der Waals surface area contributed by atoms with E-state index in [1.807, 2.05) is 26.8 Å². The van der Waals surface area contributed by atoms with Crippen molar-refractivity contribution in [1.82, 2.24) is 4.98 Å². The zero-order chi connectivity index (χ0) is 12.6. The van der Waals surface area contributed by atoms with E-state index < -0.39 is 0 Å². The molecule has 0 aliphatic carbocycles. The predicted molar refractivity (Wildman–Crippen MR) is 69.0 cm³/mol. The van der Waals surface area contributed by atoms with Gasteiger partial charge >= 0.3 is 0 Å². The Morgan fingerprint density at radius 1 is 1.44 bits per heavy atom. The molecule has 0 saturated heterocycles. The lowest BCUT2D eigenvalue weighted by Gasteiger charge is -2.14. The molecule has 0 fully saturated rings. The number of carbonyl (C=O) groups excluding carboxylic acids is 1. The Morgan fingerprint density at radius 3 is 2.25 bits per heavy atom. The van der Waals surface area contributed by atoms with E-state index in [9.17, 15) is 4.79 Å². The summed E-state index contributed by atoms with van der Waals surface area (Å²) in [7, 11) is 1.71. The Bertz CT molecular complexity index is 304. The smallest absolute Gasteiger partial charge is 0.151 e. The number of halogens is 1. The van der Waals surface area contributed by atoms with Crippen molar-refractivity contribution >= 4 is 22.2 Å². The number of aromatic nitrogens is 1. The van der Waals surface area contributed by atoms with Crippen LogP contribution in [0.3, 0.4) is 0 Å². The normalized spacial score (nSPS) is 10.3. The first-order valence-corrected chi connectivity index (χ1v) is 6.06. The minimum Gasteiger partial charge on any atom is -0.379 e. The molecule has 90 valence electrons. The molecular weight excluding hydrogens is 270 g/mol. The van der Waals surface area contributed by atoms with Crippen LogP contribution in [-0.2, 0) is 10.1 Å². The Hall–Kier alpha value is -0.740. The maximum Gasteiger partial charge on any atom is 0.151 e. The minimum absolute atomic E-state index is 0.0417. The van der Waals surface area contributed by atoms with Gasteiger partial charge in [-0.3, -0.25) is 9.78 Å². The molecule has 0 aliphatic heterocycles. The summed E-state index contributed by atoms with van der Waals surface area (Å²) in [4.78, 5) is 14.1. The Labute approximate surface area is 105 Å². The molecule has 0 aliphatic rings. The number of rotatable bonds is 2. The second kappa shape index (κ2) is 7.52. The number of hydrogen-bond acceptors (Lipinski definition) is 3. The first-order valence-electron chi connectivity index (χ1n) is 4.94. The van der Waals surface area contributed by atoms with Crippen LogP contribution in [-0.4, -0.2) is 24.0 Å². The largest absolute Gasteiger partial charge is 0.379 e. The van der Waals surface area contributed by atoms with Crippen LogP contribution in [0.15, 0.2) is 18.3 Å². The van der Waals surface area contributed by atoms with E-state index in [0.29, 0.717) is 5.56 Å². The van der Waals surface area contributed by atoms with Crippen LogP contribution in [0, 0.1) is 0 Å². The molecule has 3 nitrogen and oxygen atoms in total. The quantitative estimate of drug-likeness (QED) is 0.619. The number of methoxy groups -OCH3 is 1. The molecule has 0 spiro atoms. The lowest BCUT2D eigenvalue weighted by molar-refractivity contribution is 0.0397. The van der Waals surface area contributed by atoms with Gasteiger partial charge in [0.25, 0.3) is 0 Å². The van der Waals surface area contributed by atoms with E-state index in [1.165, 1.54) is 0 Å². The van der Waals surface area contributed by atoms with Crippen LogP contribution in [0.1, 0.15) is 36.8 Å². The second-order valence-corrected chi connectivity index (χ2v) is 4.71. The van der Waals surface area contributed by atoms with Crippen LogP contribution >= 0.6 is 15.9 Å². The topological polar surface area (TPSA) is 39.2 Å². The van der Waals surface area contributed by atoms with Gasteiger partial charge in [-0.2, -0.15) is 0 Å². The zero-order valence-electron chi connectivity index (χ0n) is 10.2. The molecule has 1 rings (SSSR count). The Morgan fingerprint density at radius 2 is 2.00 bits per heavy atom. The highest BCUT2D eigenvalue weighted by molar-refractivity contribution is 9.08. The van der Waals surface area contributed by atoms with Crippen molar-refractivity contribution in [1.29, 1.82) is 0 Å². The molecule has 0 aromatic carbocycles. The molecule has 0 N–H and O–H groups in total. The second-order valence-electron chi connectivity index (χ2n) is 4.15. The zero-order valence-corrected chi connectivity index (χ0v) is 11.7. The summed E-state index contributed by atoms with van der Waals surface area (Å²) >= 11 is 3.25. The van der Waals surface area contributed by atoms with Crippen molar-refractivity contribution in [2.45, 2.75) is 31.7 Å². The summed E-state index contributed by atoms with van der Waals surface area (Å²) in [5.74, 6) is 0. The molecule has 16 heavy (non-hydrogen) atoms. The minimum atomic E-state index is 0.0417. The molecular formula is C12H18BrNO2. The van der Waals surface area contributed by atoms with Gasteiger partial charge in [0.15, 0.2) is 6.29 Å². The van der Waals surface area contributed by atoms with Gasteiger partial charge in [-0.25, -0.2) is 0 Å². The third-order valence-corrected chi connectivity index (χ3v) is 2.31. The third-order valence-electron chi connectivity index (χ3n) is 1.73. The van der Waals surface area contributed by atoms with E-state index >= 15 is 0 Å². The molecule has 1 aromatic heterocycles. The van der Waals surface area contributed by atoms with Gasteiger partial charge in [0.05, 0.1) is 11.3 Å². The molecule has 0 atom stereocenters. The maximum absolute atomic E-state index is 10.2. The molecule has 0 saturated carbocycles. The summed E-state index contributed by atoms with van der Waals surface area (Å²) in [5, 5.41) is 0.728. The fraction of sp³-hybridized carbons (Fsp3) is 0.500. The van der Waals surface area contributed by atoms with Gasteiger partial charge in [0.2, 0.25) is 0 Å². The molecule has 0 radical (unpaired) electrons. The van der Waals surface area contributed by atoms with Crippen LogP contribution in [0.25, 0.3) is 0 Å². The predicted octanol–water partition coefficient (Wildman–Crippen LogP) is 3.22. The van der Waals surface area contributed by atoms with E-state index in [0.717, 1.165) is 17.3 Å². The fourth-order valence-corrected chi connectivity index (χ4v) is 0.916. The van der Waals surface area contributed by atoms with Crippen molar-refractivity contribution in [2.24, 2.45) is 0 Å². The highest BCUT2D eigenvalue weighted by atomic mass is 79.9. The van der Waals surface area contributed by atoms with Crippen LogP contribution in [0.2, 0.25) is 0 Å². The molecule has 4 heteroatoms. The Balaban J connectivity index is 0.000000325. The van der Waals surface area contributed by atoms with Gasteiger partial charge in [-0.05, 0) is 32.9 Å². The number of alkyl halides is 1. The fourth-order valence-electron chi connectivity index (χ4n) is 0.585. The van der Waals surface area contributed by atoms with Gasteiger partial charge < -0.3 is 4.74 Å².